The van der Waals surface area contributed by atoms with Crippen LogP contribution < -0.4 is 5.32 Å². The molecule has 7 heteroatoms. The predicted octanol–water partition coefficient (Wildman–Crippen LogP) is 2.97. The number of carbonyl (C=O) groups excluding carboxylic acids is 1. The summed E-state index contributed by atoms with van der Waals surface area (Å²) in [7, 11) is 1.85. The largest absolute Gasteiger partial charge is 0.337 e. The number of benzene rings is 1. The Morgan fingerprint density at radius 3 is 2.70 bits per heavy atom. The van der Waals surface area contributed by atoms with E-state index in [-0.39, 0.29) is 34.4 Å². The molecule has 3 nitrogen and oxygen atoms in total. The number of piperidine rings is 1. The quantitative estimate of drug-likeness (QED) is 0.813. The number of hydrogen-bond acceptors (Lipinski definition) is 2. The van der Waals surface area contributed by atoms with Crippen molar-refractivity contribution in [1.82, 2.24) is 10.2 Å². The summed E-state index contributed by atoms with van der Waals surface area (Å²) >= 11 is 3.11. The average molecular weight is 370 g/mol. The van der Waals surface area contributed by atoms with Gasteiger partial charge in [0.15, 0.2) is 11.6 Å². The Morgan fingerprint density at radius 1 is 1.40 bits per heavy atom. The number of rotatable bonds is 2. The molecule has 0 spiro atoms. The predicted molar refractivity (Wildman–Crippen MR) is 79.3 cm³/mol. The van der Waals surface area contributed by atoms with Gasteiger partial charge in [0.05, 0.1) is 5.56 Å². The first-order valence-electron chi connectivity index (χ1n) is 6.14. The van der Waals surface area contributed by atoms with Gasteiger partial charge in [0.1, 0.15) is 0 Å². The van der Waals surface area contributed by atoms with Crippen molar-refractivity contribution in [3.05, 3.63) is 33.8 Å². The van der Waals surface area contributed by atoms with E-state index in [0.717, 1.165) is 25.0 Å². The summed E-state index contributed by atoms with van der Waals surface area (Å²) in [5.41, 5.74) is 0.163. The Kier molecular flexibility index (Phi) is 6.36. The maximum absolute atomic E-state index is 13.3. The van der Waals surface area contributed by atoms with Crippen LogP contribution in [0, 0.1) is 11.6 Å². The van der Waals surface area contributed by atoms with Crippen molar-refractivity contribution in [2.45, 2.75) is 18.9 Å². The minimum Gasteiger partial charge on any atom is -0.337 e. The van der Waals surface area contributed by atoms with Crippen LogP contribution in [0.15, 0.2) is 16.6 Å². The number of hydrogen-bond donors (Lipinski definition) is 1. The monoisotopic (exact) mass is 368 g/mol. The summed E-state index contributed by atoms with van der Waals surface area (Å²) < 4.78 is 26.6. The molecule has 20 heavy (non-hydrogen) atoms. The van der Waals surface area contributed by atoms with Crippen LogP contribution in [0.4, 0.5) is 8.78 Å². The molecule has 1 fully saturated rings. The van der Waals surface area contributed by atoms with Gasteiger partial charge in [-0.25, -0.2) is 8.78 Å². The lowest BCUT2D eigenvalue weighted by atomic mass is 10.0. The maximum Gasteiger partial charge on any atom is 0.255 e. The first-order valence-corrected chi connectivity index (χ1v) is 6.93. The number of carbonyl (C=O) groups is 1. The minimum atomic E-state index is -1.01. The van der Waals surface area contributed by atoms with Gasteiger partial charge in [0.2, 0.25) is 0 Å². The molecule has 1 atom stereocenters. The molecule has 1 aliphatic rings. The van der Waals surface area contributed by atoms with Gasteiger partial charge in [-0.05, 0) is 48.0 Å². The van der Waals surface area contributed by atoms with E-state index in [1.54, 1.807) is 4.90 Å². The second-order valence-corrected chi connectivity index (χ2v) is 5.48. The van der Waals surface area contributed by atoms with E-state index >= 15 is 0 Å². The topological polar surface area (TPSA) is 32.3 Å². The summed E-state index contributed by atoms with van der Waals surface area (Å²) in [6.45, 7) is 1.23. The number of amides is 1. The van der Waals surface area contributed by atoms with Crippen molar-refractivity contribution in [2.24, 2.45) is 0 Å². The maximum atomic E-state index is 13.3. The van der Waals surface area contributed by atoms with Crippen LogP contribution in [0.5, 0.6) is 0 Å². The van der Waals surface area contributed by atoms with Crippen LogP contribution in [-0.4, -0.2) is 37.0 Å². The third kappa shape index (κ3) is 3.68. The van der Waals surface area contributed by atoms with Crippen molar-refractivity contribution >= 4 is 34.2 Å². The zero-order valence-electron chi connectivity index (χ0n) is 11.0. The molecule has 1 aromatic carbocycles. The first kappa shape index (κ1) is 17.3. The molecule has 0 aliphatic carbocycles. The second kappa shape index (κ2) is 7.33. The van der Waals surface area contributed by atoms with Gasteiger partial charge < -0.3 is 10.2 Å². The van der Waals surface area contributed by atoms with Crippen molar-refractivity contribution in [3.8, 4) is 0 Å². The highest BCUT2D eigenvalue weighted by Crippen LogP contribution is 2.23. The highest BCUT2D eigenvalue weighted by Gasteiger charge is 2.25. The van der Waals surface area contributed by atoms with Crippen LogP contribution in [0.2, 0.25) is 0 Å². The molecular formula is C13H16BrClF2N2O. The van der Waals surface area contributed by atoms with E-state index in [9.17, 15) is 13.6 Å². The van der Waals surface area contributed by atoms with E-state index in [4.69, 9.17) is 0 Å². The molecule has 1 aromatic rings. The molecule has 0 radical (unpaired) electrons. The number of halogens is 4. The van der Waals surface area contributed by atoms with Gasteiger partial charge in [-0.2, -0.15) is 0 Å². The van der Waals surface area contributed by atoms with Crippen LogP contribution in [-0.2, 0) is 0 Å². The van der Waals surface area contributed by atoms with Crippen LogP contribution in [0.1, 0.15) is 23.2 Å². The third-order valence-electron chi connectivity index (χ3n) is 3.36. The Hall–Kier alpha value is -0.720. The molecule has 2 rings (SSSR count). The molecular weight excluding hydrogens is 354 g/mol. The normalized spacial score (nSPS) is 18.6. The van der Waals surface area contributed by atoms with Gasteiger partial charge in [0, 0.05) is 23.6 Å². The van der Waals surface area contributed by atoms with Gasteiger partial charge >= 0.3 is 0 Å². The van der Waals surface area contributed by atoms with Crippen LogP contribution >= 0.6 is 28.3 Å². The smallest absolute Gasteiger partial charge is 0.255 e. The Morgan fingerprint density at radius 2 is 2.05 bits per heavy atom. The molecule has 112 valence electrons. The molecule has 0 bridgehead atoms. The second-order valence-electron chi connectivity index (χ2n) is 4.63. The number of nitrogens with zero attached hydrogens (tertiary/aromatic N) is 1. The summed E-state index contributed by atoms with van der Waals surface area (Å²) in [4.78, 5) is 14.0. The Balaban J connectivity index is 0.00000200. The Bertz CT molecular complexity index is 502. The summed E-state index contributed by atoms with van der Waals surface area (Å²) in [5.74, 6) is -2.24. The molecule has 1 unspecified atom stereocenters. The van der Waals surface area contributed by atoms with Crippen molar-refractivity contribution in [2.75, 3.05) is 20.1 Å². The van der Waals surface area contributed by atoms with E-state index in [1.165, 1.54) is 0 Å². The molecule has 1 amide bonds. The van der Waals surface area contributed by atoms with Crippen molar-refractivity contribution in [3.63, 3.8) is 0 Å². The number of likely N-dealkylation sites (N-methyl/N-ethyl adjacent to an activating group) is 1. The standard InChI is InChI=1S/C13H15BrF2N2O.ClH/c1-17-8-3-2-4-18(7-8)13(19)9-5-11(15)12(16)6-10(9)14;/h5-6,8,17H,2-4,7H2,1H3;1H. The number of nitrogens with one attached hydrogen (secondary N) is 1. The van der Waals surface area contributed by atoms with Crippen molar-refractivity contribution in [1.29, 1.82) is 0 Å². The van der Waals surface area contributed by atoms with E-state index < -0.39 is 11.6 Å². The highest BCUT2D eigenvalue weighted by molar-refractivity contribution is 9.10. The zero-order valence-corrected chi connectivity index (χ0v) is 13.4. The van der Waals surface area contributed by atoms with E-state index in [2.05, 4.69) is 21.2 Å². The average Bonchev–Trinajstić information content (AvgIpc) is 2.42. The summed E-state index contributed by atoms with van der Waals surface area (Å²) in [6, 6.07) is 2.19. The van der Waals surface area contributed by atoms with Gasteiger partial charge in [-0.3, -0.25) is 4.79 Å². The molecule has 1 heterocycles. The fourth-order valence-corrected chi connectivity index (χ4v) is 2.74. The molecule has 1 N–H and O–H groups in total. The van der Waals surface area contributed by atoms with E-state index in [0.29, 0.717) is 13.1 Å². The first-order chi connectivity index (χ1) is 9.02. The zero-order chi connectivity index (χ0) is 14.0. The lowest BCUT2D eigenvalue weighted by molar-refractivity contribution is 0.0696. The van der Waals surface area contributed by atoms with Gasteiger partial charge in [-0.1, -0.05) is 0 Å². The molecule has 0 saturated carbocycles. The van der Waals surface area contributed by atoms with E-state index in [1.807, 2.05) is 7.05 Å². The number of likely N-dealkylation sites (tertiary alicyclic amines) is 1. The lowest BCUT2D eigenvalue weighted by Crippen LogP contribution is -2.47. The van der Waals surface area contributed by atoms with Gasteiger partial charge in [-0.15, -0.1) is 12.4 Å². The summed E-state index contributed by atoms with van der Waals surface area (Å²) in [5, 5.41) is 3.14. The van der Waals surface area contributed by atoms with Crippen molar-refractivity contribution < 1.29 is 13.6 Å². The summed E-state index contributed by atoms with van der Waals surface area (Å²) in [6.07, 6.45) is 1.91. The highest BCUT2D eigenvalue weighted by atomic mass is 79.9. The molecule has 1 saturated heterocycles. The fourth-order valence-electron chi connectivity index (χ4n) is 2.25. The van der Waals surface area contributed by atoms with Crippen LogP contribution in [0.3, 0.4) is 0 Å². The Labute approximate surface area is 131 Å². The molecule has 0 aromatic heterocycles. The third-order valence-corrected chi connectivity index (χ3v) is 4.01. The van der Waals surface area contributed by atoms with Crippen LogP contribution in [0.25, 0.3) is 0 Å². The lowest BCUT2D eigenvalue weighted by Gasteiger charge is -2.32. The van der Waals surface area contributed by atoms with Gasteiger partial charge in [0.25, 0.3) is 5.91 Å². The SMILES string of the molecule is CNC1CCCN(C(=O)c2cc(F)c(F)cc2Br)C1.Cl. The fraction of sp³-hybridized carbons (Fsp3) is 0.462. The minimum absolute atomic E-state index is 0. The molecule has 1 aliphatic heterocycles.